The Hall–Kier alpha value is -4.71. The van der Waals surface area contributed by atoms with Crippen molar-refractivity contribution < 1.29 is 40.7 Å². The van der Waals surface area contributed by atoms with Gasteiger partial charge in [-0.05, 0) is 61.2 Å². The summed E-state index contributed by atoms with van der Waals surface area (Å²) in [6.45, 7) is -1.46. The van der Waals surface area contributed by atoms with Gasteiger partial charge in [0.25, 0.3) is 5.91 Å². The van der Waals surface area contributed by atoms with Crippen LogP contribution >= 0.6 is 11.6 Å². The fourth-order valence-electron chi connectivity index (χ4n) is 4.32. The Labute approximate surface area is 278 Å². The summed E-state index contributed by atoms with van der Waals surface area (Å²) in [7, 11) is -3.67. The van der Waals surface area contributed by atoms with Gasteiger partial charge in [-0.15, -0.1) is 0 Å². The molecule has 0 radical (unpaired) electrons. The number of nitrogens with one attached hydrogen (secondary N) is 5. The van der Waals surface area contributed by atoms with Crippen molar-refractivity contribution in [2.24, 2.45) is 0 Å². The third-order valence-corrected chi connectivity index (χ3v) is 7.57. The van der Waals surface area contributed by atoms with Crippen LogP contribution in [0.15, 0.2) is 48.5 Å². The van der Waals surface area contributed by atoms with E-state index in [0.29, 0.717) is 22.7 Å². The molecule has 1 heterocycles. The lowest BCUT2D eigenvalue weighted by Crippen LogP contribution is -2.33. The quantitative estimate of drug-likeness (QED) is 0.137. The SMILES string of the molecule is CS(=O)(=O)NC(=O)CCNC(=O)CCCNC(=O)c1ccc(Nc2nc(NC3(c4ccc(Cl)cc4)CC3)nc(OCC(F)(F)F)n2)cc1. The number of halogens is 4. The zero-order chi connectivity index (χ0) is 35.0. The van der Waals surface area contributed by atoms with Crippen LogP contribution in [-0.4, -0.2) is 73.2 Å². The average molecular weight is 713 g/mol. The average Bonchev–Trinajstić information content (AvgIpc) is 3.78. The fourth-order valence-corrected chi connectivity index (χ4v) is 4.96. The van der Waals surface area contributed by atoms with Crippen molar-refractivity contribution >= 4 is 56.9 Å². The van der Waals surface area contributed by atoms with Crippen molar-refractivity contribution in [1.29, 1.82) is 0 Å². The normalized spacial score (nSPS) is 13.6. The zero-order valence-corrected chi connectivity index (χ0v) is 27.1. The second-order valence-corrected chi connectivity index (χ2v) is 13.0. The van der Waals surface area contributed by atoms with Crippen LogP contribution in [0, 0.1) is 0 Å². The lowest BCUT2D eigenvalue weighted by atomic mass is 10.1. The Kier molecular flexibility index (Phi) is 11.6. The highest BCUT2D eigenvalue weighted by Crippen LogP contribution is 2.48. The largest absolute Gasteiger partial charge is 0.454 e. The smallest absolute Gasteiger partial charge is 0.422 e. The van der Waals surface area contributed by atoms with Crippen LogP contribution in [-0.2, 0) is 25.2 Å². The molecule has 1 aliphatic rings. The number of hydrogen-bond donors (Lipinski definition) is 5. The minimum absolute atomic E-state index is 0.000697. The van der Waals surface area contributed by atoms with Gasteiger partial charge in [-0.3, -0.25) is 19.1 Å². The molecule has 1 aliphatic carbocycles. The summed E-state index contributed by atoms with van der Waals surface area (Å²) >= 11 is 6.00. The maximum Gasteiger partial charge on any atom is 0.422 e. The van der Waals surface area contributed by atoms with E-state index in [4.69, 9.17) is 16.3 Å². The number of carbonyl (C=O) groups is 3. The van der Waals surface area contributed by atoms with Gasteiger partial charge in [0.05, 0.1) is 11.8 Å². The molecule has 1 fully saturated rings. The summed E-state index contributed by atoms with van der Waals surface area (Å²) in [4.78, 5) is 48.2. The van der Waals surface area contributed by atoms with E-state index >= 15 is 0 Å². The highest BCUT2D eigenvalue weighted by molar-refractivity contribution is 7.89. The van der Waals surface area contributed by atoms with Gasteiger partial charge in [0, 0.05) is 42.2 Å². The van der Waals surface area contributed by atoms with E-state index in [2.05, 4.69) is 36.2 Å². The van der Waals surface area contributed by atoms with Gasteiger partial charge >= 0.3 is 12.2 Å². The topological polar surface area (TPSA) is 193 Å². The Balaban J connectivity index is 1.30. The summed E-state index contributed by atoms with van der Waals surface area (Å²) < 4.78 is 67.2. The number of sulfonamides is 1. The van der Waals surface area contributed by atoms with Gasteiger partial charge in [-0.1, -0.05) is 23.7 Å². The highest BCUT2D eigenvalue weighted by Gasteiger charge is 2.45. The molecule has 14 nitrogen and oxygen atoms in total. The zero-order valence-electron chi connectivity index (χ0n) is 25.5. The third kappa shape index (κ3) is 11.8. The molecule has 1 aromatic heterocycles. The van der Waals surface area contributed by atoms with E-state index in [9.17, 15) is 36.0 Å². The summed E-state index contributed by atoms with van der Waals surface area (Å²) in [5.41, 5.74) is 1.10. The molecule has 0 spiro atoms. The van der Waals surface area contributed by atoms with E-state index in [1.807, 2.05) is 12.1 Å². The number of amides is 3. The monoisotopic (exact) mass is 712 g/mol. The summed E-state index contributed by atoms with van der Waals surface area (Å²) in [5, 5.41) is 11.8. The van der Waals surface area contributed by atoms with Gasteiger partial charge in [-0.2, -0.15) is 28.1 Å². The minimum Gasteiger partial charge on any atom is -0.454 e. The Morgan fingerprint density at radius 2 is 1.56 bits per heavy atom. The Morgan fingerprint density at radius 3 is 2.19 bits per heavy atom. The van der Waals surface area contributed by atoms with Crippen LogP contribution < -0.4 is 30.7 Å². The molecule has 0 bridgehead atoms. The Bertz CT molecular complexity index is 1720. The lowest BCUT2D eigenvalue weighted by Gasteiger charge is -2.19. The molecule has 1 saturated carbocycles. The highest BCUT2D eigenvalue weighted by atomic mass is 35.5. The van der Waals surface area contributed by atoms with Crippen molar-refractivity contribution in [3.63, 3.8) is 0 Å². The number of benzene rings is 2. The molecule has 48 heavy (non-hydrogen) atoms. The first kappa shape index (κ1) is 36.1. The summed E-state index contributed by atoms with van der Waals surface area (Å²) in [5.74, 6) is -1.61. The number of carbonyl (C=O) groups excluding carboxylic acids is 3. The number of alkyl halides is 3. The molecule has 4 rings (SSSR count). The van der Waals surface area contributed by atoms with Gasteiger partial charge in [0.15, 0.2) is 6.61 Å². The molecular formula is C29H32ClF3N8O6S. The van der Waals surface area contributed by atoms with E-state index in [0.717, 1.165) is 24.7 Å². The second kappa shape index (κ2) is 15.5. The van der Waals surface area contributed by atoms with Crippen molar-refractivity contribution in [2.45, 2.75) is 43.8 Å². The van der Waals surface area contributed by atoms with Gasteiger partial charge in [0.2, 0.25) is 33.7 Å². The van der Waals surface area contributed by atoms with Crippen molar-refractivity contribution in [2.75, 3.05) is 36.6 Å². The molecule has 0 aliphatic heterocycles. The van der Waals surface area contributed by atoms with Crippen LogP contribution in [0.5, 0.6) is 6.01 Å². The van der Waals surface area contributed by atoms with Crippen LogP contribution in [0.25, 0.3) is 0 Å². The number of nitrogens with zero attached hydrogens (tertiary/aromatic N) is 3. The molecule has 0 atom stereocenters. The van der Waals surface area contributed by atoms with E-state index in [-0.39, 0.29) is 43.7 Å². The molecule has 2 aromatic carbocycles. The maximum atomic E-state index is 12.9. The van der Waals surface area contributed by atoms with E-state index in [1.165, 1.54) is 12.1 Å². The van der Waals surface area contributed by atoms with Crippen molar-refractivity contribution in [3.05, 3.63) is 64.7 Å². The fraction of sp³-hybridized carbons (Fsp3) is 0.379. The predicted octanol–water partition coefficient (Wildman–Crippen LogP) is 3.40. The maximum absolute atomic E-state index is 12.9. The molecule has 3 amide bonds. The second-order valence-electron chi connectivity index (χ2n) is 10.8. The summed E-state index contributed by atoms with van der Waals surface area (Å²) in [6, 6.07) is 12.7. The molecule has 3 aromatic rings. The lowest BCUT2D eigenvalue weighted by molar-refractivity contribution is -0.154. The standard InChI is InChI=1S/C29H32ClF3N8O6S/c1-48(45,46)41-23(43)12-16-34-22(42)3-2-15-35-24(44)18-4-10-21(11-5-18)36-25-37-26(39-27(38-25)47-17-29(31,32)33)40-28(13-14-28)19-6-8-20(30)9-7-19/h4-11H,2-3,12-17H2,1H3,(H,34,42)(H,35,44)(H,41,43)(H2,36,37,38,39,40). The molecule has 5 N–H and O–H groups in total. The van der Waals surface area contributed by atoms with Crippen molar-refractivity contribution in [3.8, 4) is 6.01 Å². The van der Waals surface area contributed by atoms with Crippen LogP contribution in [0.3, 0.4) is 0 Å². The number of hydrogen-bond acceptors (Lipinski definition) is 11. The molecule has 0 saturated heterocycles. The van der Waals surface area contributed by atoms with Crippen molar-refractivity contribution in [1.82, 2.24) is 30.3 Å². The third-order valence-electron chi connectivity index (χ3n) is 6.72. The van der Waals surface area contributed by atoms with Crippen LogP contribution in [0.1, 0.15) is 48.0 Å². The number of aromatic nitrogens is 3. The first-order valence-electron chi connectivity index (χ1n) is 14.5. The first-order valence-corrected chi connectivity index (χ1v) is 16.8. The number of anilines is 3. The number of ether oxygens (including phenoxy) is 1. The minimum atomic E-state index is -4.61. The van der Waals surface area contributed by atoms with E-state index in [1.54, 1.807) is 29.0 Å². The predicted molar refractivity (Wildman–Crippen MR) is 169 cm³/mol. The van der Waals surface area contributed by atoms with Gasteiger partial charge in [0.1, 0.15) is 0 Å². The first-order chi connectivity index (χ1) is 22.6. The summed E-state index contributed by atoms with van der Waals surface area (Å²) in [6.07, 6.45) is -2.14. The molecular weight excluding hydrogens is 681 g/mol. The Morgan fingerprint density at radius 1 is 0.896 bits per heavy atom. The molecule has 0 unspecified atom stereocenters. The van der Waals surface area contributed by atoms with Gasteiger partial charge in [-0.25, -0.2) is 8.42 Å². The molecule has 258 valence electrons. The molecule has 19 heteroatoms. The number of rotatable bonds is 16. The van der Waals surface area contributed by atoms with Crippen LogP contribution in [0.2, 0.25) is 5.02 Å². The van der Waals surface area contributed by atoms with Crippen LogP contribution in [0.4, 0.5) is 30.8 Å². The van der Waals surface area contributed by atoms with E-state index < -0.39 is 46.2 Å². The van der Waals surface area contributed by atoms with Gasteiger partial charge < -0.3 is 26.0 Å².